The van der Waals surface area contributed by atoms with Gasteiger partial charge in [-0.15, -0.1) is 11.3 Å². The van der Waals surface area contributed by atoms with E-state index in [1.807, 2.05) is 19.0 Å². The molecule has 12 heteroatoms. The number of aromatic nitrogens is 3. The summed E-state index contributed by atoms with van der Waals surface area (Å²) in [5.41, 5.74) is 1.12. The molecule has 0 unspecified atom stereocenters. The van der Waals surface area contributed by atoms with Gasteiger partial charge in [0, 0.05) is 24.0 Å². The number of carboxylic acid groups (broad SMARTS) is 1. The minimum Gasteiger partial charge on any atom is -0.483 e. The van der Waals surface area contributed by atoms with Crippen molar-refractivity contribution in [3.05, 3.63) is 27.5 Å². The molecule has 2 atom stereocenters. The highest BCUT2D eigenvalue weighted by atomic mass is 32.1. The van der Waals surface area contributed by atoms with Crippen LogP contribution in [0.1, 0.15) is 57.4 Å². The quantitative estimate of drug-likeness (QED) is 0.563. The molecule has 1 fully saturated rings. The molecule has 2 amide bonds. The van der Waals surface area contributed by atoms with E-state index in [1.54, 1.807) is 12.3 Å². The van der Waals surface area contributed by atoms with E-state index >= 15 is 0 Å². The summed E-state index contributed by atoms with van der Waals surface area (Å²) in [6.07, 6.45) is 3.36. The smallest absolute Gasteiger partial charge is 0.290 e. The van der Waals surface area contributed by atoms with Crippen LogP contribution in [0.2, 0.25) is 0 Å². The molecule has 3 rings (SSSR count). The molecule has 0 saturated heterocycles. The van der Waals surface area contributed by atoms with Gasteiger partial charge >= 0.3 is 0 Å². The van der Waals surface area contributed by atoms with Gasteiger partial charge in [-0.05, 0) is 51.9 Å². The number of carbonyl (C=O) groups excluding carboxylic acids is 2. The highest BCUT2D eigenvalue weighted by molar-refractivity contribution is 7.09. The number of nitrogens with zero attached hydrogens (tertiary/aromatic N) is 4. The maximum absolute atomic E-state index is 12.5. The van der Waals surface area contributed by atoms with Gasteiger partial charge in [0.25, 0.3) is 18.3 Å². The van der Waals surface area contributed by atoms with Crippen LogP contribution >= 0.6 is 11.3 Å². The normalized spacial score (nSPS) is 18.3. The molecule has 3 N–H and O–H groups in total. The highest BCUT2D eigenvalue weighted by Gasteiger charge is 2.27. The van der Waals surface area contributed by atoms with Crippen LogP contribution in [-0.4, -0.2) is 69.8 Å². The fourth-order valence-electron chi connectivity index (χ4n) is 3.16. The van der Waals surface area contributed by atoms with Crippen molar-refractivity contribution in [1.29, 1.82) is 0 Å². The van der Waals surface area contributed by atoms with E-state index in [-0.39, 0.29) is 36.1 Å². The van der Waals surface area contributed by atoms with Gasteiger partial charge in [-0.2, -0.15) is 0 Å². The first-order chi connectivity index (χ1) is 14.3. The van der Waals surface area contributed by atoms with Gasteiger partial charge in [-0.1, -0.05) is 5.16 Å². The zero-order valence-electron chi connectivity index (χ0n) is 17.1. The van der Waals surface area contributed by atoms with Crippen molar-refractivity contribution in [1.82, 2.24) is 30.8 Å². The van der Waals surface area contributed by atoms with E-state index in [9.17, 15) is 9.59 Å². The molecule has 0 bridgehead atoms. The predicted octanol–water partition coefficient (Wildman–Crippen LogP) is 1.07. The van der Waals surface area contributed by atoms with Crippen LogP contribution in [0.3, 0.4) is 0 Å². The third-order valence-electron chi connectivity index (χ3n) is 4.45. The summed E-state index contributed by atoms with van der Waals surface area (Å²) in [6.45, 7) is 2.14. The lowest BCUT2D eigenvalue weighted by molar-refractivity contribution is -0.122. The number of rotatable bonds is 6. The minimum absolute atomic E-state index is 0.00656. The summed E-state index contributed by atoms with van der Waals surface area (Å²) in [4.78, 5) is 39.5. The van der Waals surface area contributed by atoms with Gasteiger partial charge in [0.1, 0.15) is 16.4 Å². The maximum atomic E-state index is 12.5. The topological polar surface area (TPSA) is 151 Å². The Morgan fingerprint density at radius 3 is 2.47 bits per heavy atom. The average molecular weight is 439 g/mol. The largest absolute Gasteiger partial charge is 0.483 e. The zero-order chi connectivity index (χ0) is 22.1. The van der Waals surface area contributed by atoms with E-state index < -0.39 is 0 Å². The molecule has 1 aliphatic rings. The fourth-order valence-corrected chi connectivity index (χ4v) is 4.05. The van der Waals surface area contributed by atoms with Crippen LogP contribution in [-0.2, 0) is 11.3 Å². The summed E-state index contributed by atoms with van der Waals surface area (Å²) in [7, 11) is 3.93. The van der Waals surface area contributed by atoms with Gasteiger partial charge in [0.05, 0.1) is 0 Å². The Balaban J connectivity index is 0.00000101. The van der Waals surface area contributed by atoms with E-state index in [1.165, 1.54) is 11.3 Å². The third-order valence-corrected chi connectivity index (χ3v) is 5.28. The first kappa shape index (κ1) is 23.4. The van der Waals surface area contributed by atoms with Crippen LogP contribution in [0.25, 0.3) is 0 Å². The summed E-state index contributed by atoms with van der Waals surface area (Å²) in [5.74, 6) is -0.455. The molecule has 0 spiro atoms. The Bertz CT molecular complexity index is 852. The zero-order valence-corrected chi connectivity index (χ0v) is 17.9. The number of aryl methyl sites for hydroxylation is 1. The second-order valence-corrected chi connectivity index (χ2v) is 8.12. The summed E-state index contributed by atoms with van der Waals surface area (Å²) in [5, 5.41) is 22.9. The number of hydrogen-bond acceptors (Lipinski definition) is 9. The Kier molecular flexibility index (Phi) is 8.87. The average Bonchev–Trinajstić information content (AvgIpc) is 3.31. The SMILES string of the molecule is Cc1nonc1C(=O)N[C@@H]1CCC[C@@H](NC(=O)c2csc(CN(C)C)n2)C1.O=CO. The molecular weight excluding hydrogens is 412 g/mol. The molecule has 1 aliphatic carbocycles. The van der Waals surface area contributed by atoms with Crippen molar-refractivity contribution < 1.29 is 24.1 Å². The molecule has 30 heavy (non-hydrogen) atoms. The second kappa shape index (κ2) is 11.4. The van der Waals surface area contributed by atoms with Crippen LogP contribution in [0.4, 0.5) is 0 Å². The predicted molar refractivity (Wildman–Crippen MR) is 108 cm³/mol. The lowest BCUT2D eigenvalue weighted by Gasteiger charge is -2.30. The molecule has 0 aromatic carbocycles. The van der Waals surface area contributed by atoms with Crippen LogP contribution < -0.4 is 10.6 Å². The van der Waals surface area contributed by atoms with Crippen molar-refractivity contribution in [2.75, 3.05) is 14.1 Å². The lowest BCUT2D eigenvalue weighted by atomic mass is 9.90. The van der Waals surface area contributed by atoms with Crippen LogP contribution in [0.5, 0.6) is 0 Å². The lowest BCUT2D eigenvalue weighted by Crippen LogP contribution is -2.46. The maximum Gasteiger partial charge on any atom is 0.290 e. The monoisotopic (exact) mass is 438 g/mol. The van der Waals surface area contributed by atoms with Gasteiger partial charge in [0.2, 0.25) is 0 Å². The van der Waals surface area contributed by atoms with E-state index in [4.69, 9.17) is 9.90 Å². The molecular formula is C18H26N6O5S. The van der Waals surface area contributed by atoms with Gasteiger partial charge in [-0.3, -0.25) is 14.4 Å². The summed E-state index contributed by atoms with van der Waals surface area (Å²) >= 11 is 1.48. The third kappa shape index (κ3) is 6.88. The van der Waals surface area contributed by atoms with Crippen molar-refractivity contribution in [3.63, 3.8) is 0 Å². The number of thiazole rings is 1. The van der Waals surface area contributed by atoms with Crippen molar-refractivity contribution in [2.45, 2.75) is 51.2 Å². The Morgan fingerprint density at radius 2 is 1.90 bits per heavy atom. The second-order valence-electron chi connectivity index (χ2n) is 7.18. The Morgan fingerprint density at radius 1 is 1.27 bits per heavy atom. The minimum atomic E-state index is -0.293. The molecule has 2 aromatic rings. The molecule has 2 aromatic heterocycles. The number of carbonyl (C=O) groups is 3. The standard InChI is InChI=1S/C17H24N6O3S.CH2O2/c1-10-15(22-26-21-10)17(25)19-12-6-4-5-11(7-12)18-16(24)13-9-27-14(20-13)8-23(2)3;2-1-3/h9,11-12H,4-8H2,1-3H3,(H,18,24)(H,19,25);1H,(H,2,3)/t11-,12-;/m1./s1. The molecule has 164 valence electrons. The van der Waals surface area contributed by atoms with Crippen LogP contribution in [0.15, 0.2) is 10.0 Å². The summed E-state index contributed by atoms with van der Waals surface area (Å²) < 4.78 is 4.58. The Hall–Kier alpha value is -2.86. The van der Waals surface area contributed by atoms with Gasteiger partial charge in [-0.25, -0.2) is 9.61 Å². The van der Waals surface area contributed by atoms with Crippen molar-refractivity contribution in [2.24, 2.45) is 0 Å². The van der Waals surface area contributed by atoms with Gasteiger partial charge < -0.3 is 20.6 Å². The number of hydrogen-bond donors (Lipinski definition) is 3. The summed E-state index contributed by atoms with van der Waals surface area (Å²) in [6, 6.07) is -0.0144. The van der Waals surface area contributed by atoms with Crippen molar-refractivity contribution in [3.8, 4) is 0 Å². The molecule has 0 radical (unpaired) electrons. The number of amides is 2. The Labute approximate surface area is 177 Å². The van der Waals surface area contributed by atoms with E-state index in [0.717, 1.165) is 24.3 Å². The number of nitrogens with one attached hydrogen (secondary N) is 2. The molecule has 2 heterocycles. The van der Waals surface area contributed by atoms with E-state index in [0.29, 0.717) is 24.4 Å². The van der Waals surface area contributed by atoms with E-state index in [2.05, 4.69) is 30.6 Å². The fraction of sp³-hybridized carbons (Fsp3) is 0.556. The first-order valence-corrected chi connectivity index (χ1v) is 10.3. The molecule has 11 nitrogen and oxygen atoms in total. The van der Waals surface area contributed by atoms with Gasteiger partial charge in [0.15, 0.2) is 5.69 Å². The highest BCUT2D eigenvalue weighted by Crippen LogP contribution is 2.20. The first-order valence-electron chi connectivity index (χ1n) is 9.41. The molecule has 0 aliphatic heterocycles. The van der Waals surface area contributed by atoms with Crippen molar-refractivity contribution >= 4 is 29.6 Å². The van der Waals surface area contributed by atoms with Crippen LogP contribution in [0, 0.1) is 6.92 Å². The molecule has 1 saturated carbocycles.